The number of nitrogens with zero attached hydrogens (tertiary/aromatic N) is 3. The number of carbonyl (C=O) groups is 4. The maximum atomic E-state index is 12.9. The Morgan fingerprint density at radius 2 is 1.90 bits per heavy atom. The minimum absolute atomic E-state index is 0.0826. The largest absolute Gasteiger partial charge is 0.478 e. The van der Waals surface area contributed by atoms with E-state index in [1.807, 2.05) is 30.3 Å². The third-order valence-corrected chi connectivity index (χ3v) is 6.38. The molecule has 1 aromatic rings. The van der Waals surface area contributed by atoms with Crippen molar-refractivity contribution in [1.82, 2.24) is 9.80 Å². The van der Waals surface area contributed by atoms with E-state index in [-0.39, 0.29) is 29.7 Å². The Balaban J connectivity index is 1.55. The highest BCUT2D eigenvalue weighted by Gasteiger charge is 2.57. The van der Waals surface area contributed by atoms with E-state index in [4.69, 9.17) is 0 Å². The number of likely N-dealkylation sites (N-methyl/N-ethyl adjacent to an activating group) is 1. The SMILES string of the molecule is CC(=O)N1CC(CC(=C/C(=O)O)/C=C2\CCN(c3ccccc3)C2=O)C2C1C(=O)N2C. The number of amides is 3. The van der Waals surface area contributed by atoms with Gasteiger partial charge in [0, 0.05) is 50.3 Å². The third-order valence-electron chi connectivity index (χ3n) is 6.38. The number of carboxylic acids is 1. The molecule has 3 unspecified atom stereocenters. The van der Waals surface area contributed by atoms with Crippen molar-refractivity contribution < 1.29 is 24.3 Å². The van der Waals surface area contributed by atoms with Crippen LogP contribution in [0.2, 0.25) is 0 Å². The number of β-lactam (4-membered cyclic amide) rings is 1. The molecule has 0 radical (unpaired) electrons. The molecule has 1 aromatic carbocycles. The van der Waals surface area contributed by atoms with Gasteiger partial charge in [0.15, 0.2) is 0 Å². The van der Waals surface area contributed by atoms with E-state index in [1.165, 1.54) is 6.92 Å². The van der Waals surface area contributed by atoms with Gasteiger partial charge >= 0.3 is 5.97 Å². The zero-order valence-corrected chi connectivity index (χ0v) is 17.5. The average Bonchev–Trinajstić information content (AvgIpc) is 3.26. The van der Waals surface area contributed by atoms with Crippen LogP contribution < -0.4 is 4.90 Å². The maximum Gasteiger partial charge on any atom is 0.328 e. The number of hydrogen-bond donors (Lipinski definition) is 1. The number of carbonyl (C=O) groups excluding carboxylic acids is 3. The van der Waals surface area contributed by atoms with E-state index < -0.39 is 12.0 Å². The number of benzene rings is 1. The van der Waals surface area contributed by atoms with Crippen molar-refractivity contribution in [2.24, 2.45) is 5.92 Å². The van der Waals surface area contributed by atoms with Gasteiger partial charge < -0.3 is 19.8 Å². The molecular weight excluding hydrogens is 398 g/mol. The van der Waals surface area contributed by atoms with Crippen LogP contribution in [-0.4, -0.2) is 70.8 Å². The van der Waals surface area contributed by atoms with Crippen LogP contribution in [0.4, 0.5) is 5.69 Å². The summed E-state index contributed by atoms with van der Waals surface area (Å²) < 4.78 is 0. The molecule has 0 saturated carbocycles. The summed E-state index contributed by atoms with van der Waals surface area (Å²) in [6.07, 6.45) is 3.69. The average molecular weight is 423 g/mol. The van der Waals surface area contributed by atoms with E-state index in [2.05, 4.69) is 0 Å². The van der Waals surface area contributed by atoms with Crippen molar-refractivity contribution in [3.8, 4) is 0 Å². The fourth-order valence-electron chi connectivity index (χ4n) is 4.95. The van der Waals surface area contributed by atoms with Gasteiger partial charge in [-0.1, -0.05) is 18.2 Å². The molecule has 3 aliphatic heterocycles. The van der Waals surface area contributed by atoms with Crippen molar-refractivity contribution in [2.75, 3.05) is 25.0 Å². The lowest BCUT2D eigenvalue weighted by Gasteiger charge is -2.44. The van der Waals surface area contributed by atoms with Gasteiger partial charge in [0.1, 0.15) is 6.04 Å². The molecule has 0 aliphatic carbocycles. The van der Waals surface area contributed by atoms with Gasteiger partial charge in [-0.2, -0.15) is 0 Å². The molecule has 1 N–H and O–H groups in total. The van der Waals surface area contributed by atoms with E-state index in [0.29, 0.717) is 37.1 Å². The van der Waals surface area contributed by atoms with Gasteiger partial charge in [-0.05, 0) is 36.6 Å². The minimum atomic E-state index is -1.09. The van der Waals surface area contributed by atoms with Gasteiger partial charge in [-0.15, -0.1) is 0 Å². The first-order chi connectivity index (χ1) is 14.8. The summed E-state index contributed by atoms with van der Waals surface area (Å²) in [5.74, 6) is -1.55. The number of likely N-dealkylation sites (tertiary alicyclic amines) is 2. The Labute approximate surface area is 180 Å². The Bertz CT molecular complexity index is 1000. The zero-order chi connectivity index (χ0) is 22.3. The summed E-state index contributed by atoms with van der Waals surface area (Å²) in [5, 5.41) is 9.36. The highest BCUT2D eigenvalue weighted by Crippen LogP contribution is 2.40. The molecule has 8 heteroatoms. The monoisotopic (exact) mass is 423 g/mol. The van der Waals surface area contributed by atoms with Crippen LogP contribution in [-0.2, 0) is 19.2 Å². The van der Waals surface area contributed by atoms with Gasteiger partial charge in [-0.25, -0.2) is 4.79 Å². The molecule has 3 saturated heterocycles. The molecule has 3 fully saturated rings. The van der Waals surface area contributed by atoms with Crippen molar-refractivity contribution in [2.45, 2.75) is 31.8 Å². The number of rotatable bonds is 5. The third kappa shape index (κ3) is 3.73. The summed E-state index contributed by atoms with van der Waals surface area (Å²) in [4.78, 5) is 53.4. The Morgan fingerprint density at radius 1 is 1.19 bits per heavy atom. The fourth-order valence-corrected chi connectivity index (χ4v) is 4.95. The molecule has 31 heavy (non-hydrogen) atoms. The van der Waals surface area contributed by atoms with Crippen LogP contribution >= 0.6 is 0 Å². The lowest BCUT2D eigenvalue weighted by Crippen LogP contribution is -2.66. The molecule has 3 aliphatic rings. The number of hydrogen-bond acceptors (Lipinski definition) is 4. The molecule has 3 amide bonds. The quantitative estimate of drug-likeness (QED) is 0.571. The molecule has 162 valence electrons. The molecule has 3 heterocycles. The van der Waals surface area contributed by atoms with Gasteiger partial charge in [-0.3, -0.25) is 14.4 Å². The highest BCUT2D eigenvalue weighted by atomic mass is 16.4. The molecule has 8 nitrogen and oxygen atoms in total. The Hall–Kier alpha value is -3.42. The van der Waals surface area contributed by atoms with Crippen LogP contribution in [0.5, 0.6) is 0 Å². The predicted molar refractivity (Wildman–Crippen MR) is 113 cm³/mol. The second kappa shape index (κ2) is 8.02. The van der Waals surface area contributed by atoms with Gasteiger partial charge in [0.2, 0.25) is 11.8 Å². The topological polar surface area (TPSA) is 98.2 Å². The van der Waals surface area contributed by atoms with Crippen molar-refractivity contribution in [3.05, 3.63) is 53.6 Å². The number of fused-ring (bicyclic) bond motifs is 1. The second-order valence-electron chi connectivity index (χ2n) is 8.29. The predicted octanol–water partition coefficient (Wildman–Crippen LogP) is 1.44. The molecule has 0 bridgehead atoms. The fraction of sp³-hybridized carbons (Fsp3) is 0.391. The Kier molecular flexibility index (Phi) is 5.39. The Morgan fingerprint density at radius 3 is 2.55 bits per heavy atom. The molecule has 4 rings (SSSR count). The molecule has 3 atom stereocenters. The number of para-hydroxylation sites is 1. The summed E-state index contributed by atoms with van der Waals surface area (Å²) in [7, 11) is 1.71. The van der Waals surface area contributed by atoms with Crippen molar-refractivity contribution >= 4 is 29.4 Å². The summed E-state index contributed by atoms with van der Waals surface area (Å²) in [6.45, 7) is 2.37. The van der Waals surface area contributed by atoms with Crippen LogP contribution in [0.25, 0.3) is 0 Å². The lowest BCUT2D eigenvalue weighted by molar-refractivity contribution is -0.156. The molecular formula is C23H25N3O5. The standard InChI is InChI=1S/C23H25N3O5/c1-14(27)26-13-17(20-21(26)23(31)24(20)2)11-15(12-19(28)29)10-16-8-9-25(22(16)30)18-6-4-3-5-7-18/h3-7,10,12,17,20-21H,8-9,11,13H2,1-2H3,(H,28,29)/b15-12+,16-10+. The maximum absolute atomic E-state index is 12.9. The smallest absolute Gasteiger partial charge is 0.328 e. The number of aliphatic carboxylic acids is 1. The summed E-state index contributed by atoms with van der Waals surface area (Å²) in [5.41, 5.74) is 1.89. The van der Waals surface area contributed by atoms with E-state index in [1.54, 1.807) is 27.8 Å². The number of allylic oxidation sites excluding steroid dienone is 2. The number of carboxylic acid groups (broad SMARTS) is 1. The molecule has 0 spiro atoms. The zero-order valence-electron chi connectivity index (χ0n) is 17.5. The summed E-state index contributed by atoms with van der Waals surface area (Å²) >= 11 is 0. The van der Waals surface area contributed by atoms with Crippen LogP contribution in [0.15, 0.2) is 53.6 Å². The first-order valence-electron chi connectivity index (χ1n) is 10.3. The molecule has 0 aromatic heterocycles. The summed E-state index contributed by atoms with van der Waals surface area (Å²) in [6, 6.07) is 8.76. The van der Waals surface area contributed by atoms with E-state index >= 15 is 0 Å². The normalized spacial score (nSPS) is 27.0. The van der Waals surface area contributed by atoms with Gasteiger partial charge in [0.05, 0.1) is 6.04 Å². The first kappa shape index (κ1) is 20.8. The van der Waals surface area contributed by atoms with E-state index in [9.17, 15) is 24.3 Å². The van der Waals surface area contributed by atoms with Crippen LogP contribution in [0.1, 0.15) is 19.8 Å². The lowest BCUT2D eigenvalue weighted by atomic mass is 9.84. The van der Waals surface area contributed by atoms with Crippen molar-refractivity contribution in [3.63, 3.8) is 0 Å². The first-order valence-corrected chi connectivity index (χ1v) is 10.3. The number of anilines is 1. The van der Waals surface area contributed by atoms with Crippen LogP contribution in [0.3, 0.4) is 0 Å². The van der Waals surface area contributed by atoms with Crippen LogP contribution in [0, 0.1) is 5.92 Å². The van der Waals surface area contributed by atoms with E-state index in [0.717, 1.165) is 11.8 Å². The second-order valence-corrected chi connectivity index (χ2v) is 8.29. The van der Waals surface area contributed by atoms with Crippen molar-refractivity contribution in [1.29, 1.82) is 0 Å². The highest BCUT2D eigenvalue weighted by molar-refractivity contribution is 6.08. The minimum Gasteiger partial charge on any atom is -0.478 e. The van der Waals surface area contributed by atoms with Gasteiger partial charge in [0.25, 0.3) is 5.91 Å².